The Kier molecular flexibility index (Phi) is 4.51. The first-order chi connectivity index (χ1) is 10.7. The van der Waals surface area contributed by atoms with Gasteiger partial charge in [-0.05, 0) is 42.0 Å². The highest BCUT2D eigenvalue weighted by atomic mass is 35.5. The number of hydrogen-bond donors (Lipinski definition) is 1. The van der Waals surface area contributed by atoms with Crippen LogP contribution in [0.3, 0.4) is 0 Å². The number of hydrogen-bond acceptors (Lipinski definition) is 3. The van der Waals surface area contributed by atoms with Crippen molar-refractivity contribution in [3.8, 4) is 10.6 Å². The van der Waals surface area contributed by atoms with Crippen molar-refractivity contribution in [2.24, 2.45) is 0 Å². The SMILES string of the molecule is O=C(Cc1ccc(Cl)cc1)Nc1ccc(-c2nccs2)cc1. The molecule has 22 heavy (non-hydrogen) atoms. The molecule has 0 radical (unpaired) electrons. The monoisotopic (exact) mass is 328 g/mol. The zero-order valence-corrected chi connectivity index (χ0v) is 13.2. The lowest BCUT2D eigenvalue weighted by Crippen LogP contribution is -2.14. The van der Waals surface area contributed by atoms with Crippen LogP contribution in [0.1, 0.15) is 5.56 Å². The maximum Gasteiger partial charge on any atom is 0.228 e. The third-order valence-electron chi connectivity index (χ3n) is 3.13. The van der Waals surface area contributed by atoms with Gasteiger partial charge in [0.25, 0.3) is 0 Å². The van der Waals surface area contributed by atoms with Crippen molar-refractivity contribution in [3.63, 3.8) is 0 Å². The third kappa shape index (κ3) is 3.72. The molecular formula is C17H13ClN2OS. The first-order valence-corrected chi connectivity index (χ1v) is 8.01. The lowest BCUT2D eigenvalue weighted by atomic mass is 10.1. The highest BCUT2D eigenvalue weighted by molar-refractivity contribution is 7.13. The number of nitrogens with one attached hydrogen (secondary N) is 1. The Labute approximate surface area is 137 Å². The summed E-state index contributed by atoms with van der Waals surface area (Å²) >= 11 is 7.42. The Morgan fingerprint density at radius 1 is 1.09 bits per heavy atom. The zero-order chi connectivity index (χ0) is 15.4. The summed E-state index contributed by atoms with van der Waals surface area (Å²) in [6.45, 7) is 0. The molecular weight excluding hydrogens is 316 g/mol. The molecule has 0 saturated carbocycles. The summed E-state index contributed by atoms with van der Waals surface area (Å²) in [6, 6.07) is 15.0. The van der Waals surface area contributed by atoms with Crippen LogP contribution in [-0.2, 0) is 11.2 Å². The molecule has 1 amide bonds. The largest absolute Gasteiger partial charge is 0.326 e. The number of thiazole rings is 1. The second-order valence-electron chi connectivity index (χ2n) is 4.77. The van der Waals surface area contributed by atoms with Crippen LogP contribution in [0.25, 0.3) is 10.6 Å². The van der Waals surface area contributed by atoms with Crippen molar-refractivity contribution in [1.29, 1.82) is 0 Å². The predicted octanol–water partition coefficient (Wildman–Crippen LogP) is 4.64. The highest BCUT2D eigenvalue weighted by Crippen LogP contribution is 2.23. The van der Waals surface area contributed by atoms with Crippen LogP contribution in [0.5, 0.6) is 0 Å². The molecule has 0 aliphatic carbocycles. The molecule has 0 saturated heterocycles. The fourth-order valence-electron chi connectivity index (χ4n) is 2.05. The molecule has 1 heterocycles. The van der Waals surface area contributed by atoms with Gasteiger partial charge in [-0.15, -0.1) is 11.3 Å². The minimum absolute atomic E-state index is 0.0516. The van der Waals surface area contributed by atoms with Crippen LogP contribution in [0.4, 0.5) is 5.69 Å². The lowest BCUT2D eigenvalue weighted by molar-refractivity contribution is -0.115. The number of aromatic nitrogens is 1. The molecule has 0 atom stereocenters. The Bertz CT molecular complexity index is 752. The predicted molar refractivity (Wildman–Crippen MR) is 91.3 cm³/mol. The molecule has 0 spiro atoms. The topological polar surface area (TPSA) is 42.0 Å². The minimum Gasteiger partial charge on any atom is -0.326 e. The first kappa shape index (κ1) is 14.8. The Morgan fingerprint density at radius 2 is 1.82 bits per heavy atom. The van der Waals surface area contributed by atoms with Gasteiger partial charge in [-0.25, -0.2) is 4.98 Å². The number of anilines is 1. The molecule has 3 nitrogen and oxygen atoms in total. The van der Waals surface area contributed by atoms with E-state index in [4.69, 9.17) is 11.6 Å². The average Bonchev–Trinajstić information content (AvgIpc) is 3.05. The van der Waals surface area contributed by atoms with Crippen molar-refractivity contribution >= 4 is 34.5 Å². The molecule has 0 bridgehead atoms. The quantitative estimate of drug-likeness (QED) is 0.757. The fraction of sp³-hybridized carbons (Fsp3) is 0.0588. The standard InChI is InChI=1S/C17H13ClN2OS/c18-14-5-1-12(2-6-14)11-16(21)20-15-7-3-13(4-8-15)17-19-9-10-22-17/h1-10H,11H2,(H,20,21). The molecule has 5 heteroatoms. The molecule has 3 aromatic rings. The molecule has 110 valence electrons. The van der Waals surface area contributed by atoms with E-state index in [1.54, 1.807) is 29.7 Å². The number of nitrogens with zero attached hydrogens (tertiary/aromatic N) is 1. The van der Waals surface area contributed by atoms with E-state index in [-0.39, 0.29) is 5.91 Å². The number of rotatable bonds is 4. The van der Waals surface area contributed by atoms with Crippen LogP contribution in [-0.4, -0.2) is 10.9 Å². The number of carbonyl (C=O) groups is 1. The number of carbonyl (C=O) groups excluding carboxylic acids is 1. The van der Waals surface area contributed by atoms with Gasteiger partial charge in [-0.3, -0.25) is 4.79 Å². The lowest BCUT2D eigenvalue weighted by Gasteiger charge is -2.06. The van der Waals surface area contributed by atoms with Gasteiger partial charge in [-0.2, -0.15) is 0 Å². The summed E-state index contributed by atoms with van der Waals surface area (Å²) in [5.74, 6) is -0.0516. The van der Waals surface area contributed by atoms with Gasteiger partial charge in [0.1, 0.15) is 5.01 Å². The van der Waals surface area contributed by atoms with Crippen molar-refractivity contribution in [3.05, 3.63) is 70.7 Å². The van der Waals surface area contributed by atoms with Gasteiger partial charge in [0.05, 0.1) is 6.42 Å². The fourth-order valence-corrected chi connectivity index (χ4v) is 2.83. The Morgan fingerprint density at radius 3 is 2.45 bits per heavy atom. The minimum atomic E-state index is -0.0516. The second-order valence-corrected chi connectivity index (χ2v) is 6.10. The van der Waals surface area contributed by atoms with Crippen LogP contribution < -0.4 is 5.32 Å². The van der Waals surface area contributed by atoms with Gasteiger partial charge in [-0.1, -0.05) is 23.7 Å². The van der Waals surface area contributed by atoms with E-state index in [1.807, 2.05) is 41.8 Å². The van der Waals surface area contributed by atoms with Crippen LogP contribution in [0, 0.1) is 0 Å². The summed E-state index contributed by atoms with van der Waals surface area (Å²) in [7, 11) is 0. The van der Waals surface area contributed by atoms with E-state index in [9.17, 15) is 4.79 Å². The van der Waals surface area contributed by atoms with E-state index in [1.165, 1.54) is 0 Å². The van der Waals surface area contributed by atoms with Gasteiger partial charge in [0, 0.05) is 27.9 Å². The van der Waals surface area contributed by atoms with Crippen LogP contribution in [0.2, 0.25) is 5.02 Å². The van der Waals surface area contributed by atoms with E-state index >= 15 is 0 Å². The number of halogens is 1. The van der Waals surface area contributed by atoms with Gasteiger partial charge < -0.3 is 5.32 Å². The molecule has 1 aromatic heterocycles. The Balaban J connectivity index is 1.63. The van der Waals surface area contributed by atoms with Crippen LogP contribution in [0.15, 0.2) is 60.1 Å². The molecule has 0 unspecified atom stereocenters. The number of amides is 1. The molecule has 0 aliphatic rings. The van der Waals surface area contributed by atoms with Crippen molar-refractivity contribution < 1.29 is 4.79 Å². The summed E-state index contributed by atoms with van der Waals surface area (Å²) in [4.78, 5) is 16.3. The average molecular weight is 329 g/mol. The van der Waals surface area contributed by atoms with Gasteiger partial charge in [0.15, 0.2) is 0 Å². The van der Waals surface area contributed by atoms with E-state index in [0.717, 1.165) is 21.8 Å². The third-order valence-corrected chi connectivity index (χ3v) is 4.20. The molecule has 1 N–H and O–H groups in total. The second kappa shape index (κ2) is 6.73. The van der Waals surface area contributed by atoms with E-state index in [2.05, 4.69) is 10.3 Å². The van der Waals surface area contributed by atoms with Crippen molar-refractivity contribution in [2.75, 3.05) is 5.32 Å². The maximum atomic E-state index is 12.0. The summed E-state index contributed by atoms with van der Waals surface area (Å²) < 4.78 is 0. The summed E-state index contributed by atoms with van der Waals surface area (Å²) in [5, 5.41) is 6.47. The first-order valence-electron chi connectivity index (χ1n) is 6.75. The molecule has 2 aromatic carbocycles. The van der Waals surface area contributed by atoms with Crippen molar-refractivity contribution in [1.82, 2.24) is 4.98 Å². The van der Waals surface area contributed by atoms with Crippen LogP contribution >= 0.6 is 22.9 Å². The van der Waals surface area contributed by atoms with Gasteiger partial charge >= 0.3 is 0 Å². The Hall–Kier alpha value is -2.17. The molecule has 0 fully saturated rings. The smallest absolute Gasteiger partial charge is 0.228 e. The van der Waals surface area contributed by atoms with Crippen molar-refractivity contribution in [2.45, 2.75) is 6.42 Å². The maximum absolute atomic E-state index is 12.0. The summed E-state index contributed by atoms with van der Waals surface area (Å²) in [5.41, 5.74) is 2.76. The normalized spacial score (nSPS) is 10.4. The van der Waals surface area contributed by atoms with Gasteiger partial charge in [0.2, 0.25) is 5.91 Å². The van der Waals surface area contributed by atoms with E-state index in [0.29, 0.717) is 11.4 Å². The molecule has 3 rings (SSSR count). The zero-order valence-electron chi connectivity index (χ0n) is 11.6. The van der Waals surface area contributed by atoms with E-state index < -0.39 is 0 Å². The highest BCUT2D eigenvalue weighted by Gasteiger charge is 2.05. The summed E-state index contributed by atoms with van der Waals surface area (Å²) in [6.07, 6.45) is 2.10. The molecule has 0 aliphatic heterocycles. The number of benzene rings is 2.